The van der Waals surface area contributed by atoms with Crippen molar-refractivity contribution in [2.75, 3.05) is 7.11 Å². The highest BCUT2D eigenvalue weighted by atomic mass is 16.5. The summed E-state index contributed by atoms with van der Waals surface area (Å²) in [4.78, 5) is 14.2. The maximum Gasteiger partial charge on any atom is 0.322 e. The molecule has 1 unspecified atom stereocenters. The molecule has 0 saturated heterocycles. The van der Waals surface area contributed by atoms with E-state index in [1.165, 1.54) is 0 Å². The third-order valence-corrected chi connectivity index (χ3v) is 4.20. The third-order valence-electron chi connectivity index (χ3n) is 4.20. The molecule has 24 heavy (non-hydrogen) atoms. The lowest BCUT2D eigenvalue weighted by molar-refractivity contribution is 0.200. The molecule has 0 spiro atoms. The Morgan fingerprint density at radius 1 is 1.04 bits per heavy atom. The Bertz CT molecular complexity index is 736. The van der Waals surface area contributed by atoms with Gasteiger partial charge in [-0.1, -0.05) is 42.5 Å². The second kappa shape index (κ2) is 6.79. The molecule has 0 bridgehead atoms. The first-order valence-electron chi connectivity index (χ1n) is 8.10. The van der Waals surface area contributed by atoms with Crippen molar-refractivity contribution in [1.82, 2.24) is 10.2 Å². The van der Waals surface area contributed by atoms with E-state index < -0.39 is 0 Å². The number of amides is 2. The lowest BCUT2D eigenvalue weighted by Gasteiger charge is -2.34. The van der Waals surface area contributed by atoms with E-state index in [-0.39, 0.29) is 18.1 Å². The Labute approximate surface area is 142 Å². The number of carbonyl (C=O) groups excluding carboxylic acids is 1. The van der Waals surface area contributed by atoms with Gasteiger partial charge in [0, 0.05) is 17.8 Å². The summed E-state index contributed by atoms with van der Waals surface area (Å²) in [6, 6.07) is 17.8. The van der Waals surface area contributed by atoms with Gasteiger partial charge in [0.25, 0.3) is 0 Å². The zero-order chi connectivity index (χ0) is 17.1. The number of hydrogen-bond donors (Lipinski definition) is 1. The molecule has 1 aliphatic heterocycles. The number of rotatable bonds is 4. The van der Waals surface area contributed by atoms with Crippen molar-refractivity contribution in [3.05, 3.63) is 71.9 Å². The number of methoxy groups -OCH3 is 1. The van der Waals surface area contributed by atoms with Gasteiger partial charge in [0.1, 0.15) is 5.75 Å². The average Bonchev–Trinajstić information content (AvgIpc) is 2.62. The van der Waals surface area contributed by atoms with Crippen LogP contribution in [0.1, 0.15) is 31.0 Å². The van der Waals surface area contributed by atoms with E-state index in [1.807, 2.05) is 74.6 Å². The molecule has 0 aliphatic carbocycles. The van der Waals surface area contributed by atoms with Crippen molar-refractivity contribution < 1.29 is 9.53 Å². The lowest BCUT2D eigenvalue weighted by Crippen LogP contribution is -2.46. The molecule has 1 atom stereocenters. The Hall–Kier alpha value is -2.75. The van der Waals surface area contributed by atoms with E-state index >= 15 is 0 Å². The topological polar surface area (TPSA) is 41.6 Å². The van der Waals surface area contributed by atoms with Crippen LogP contribution in [0.2, 0.25) is 0 Å². The van der Waals surface area contributed by atoms with Gasteiger partial charge in [-0.2, -0.15) is 0 Å². The number of carbonyl (C=O) groups is 1. The number of nitrogens with zero attached hydrogens (tertiary/aromatic N) is 1. The molecule has 4 nitrogen and oxygen atoms in total. The fourth-order valence-corrected chi connectivity index (χ4v) is 2.88. The van der Waals surface area contributed by atoms with Crippen LogP contribution in [0, 0.1) is 0 Å². The minimum atomic E-state index is -0.165. The number of nitrogens with one attached hydrogen (secondary N) is 1. The molecule has 1 aliphatic rings. The second-order valence-corrected chi connectivity index (χ2v) is 6.11. The van der Waals surface area contributed by atoms with Crippen LogP contribution in [0.5, 0.6) is 5.75 Å². The second-order valence-electron chi connectivity index (χ2n) is 6.11. The molecule has 2 aromatic rings. The van der Waals surface area contributed by atoms with Crippen molar-refractivity contribution in [3.63, 3.8) is 0 Å². The van der Waals surface area contributed by atoms with E-state index in [4.69, 9.17) is 4.74 Å². The summed E-state index contributed by atoms with van der Waals surface area (Å²) in [5.41, 5.74) is 3.20. The molecule has 124 valence electrons. The monoisotopic (exact) mass is 322 g/mol. The minimum absolute atomic E-state index is 0.0730. The fourth-order valence-electron chi connectivity index (χ4n) is 2.88. The summed E-state index contributed by atoms with van der Waals surface area (Å²) in [5.74, 6) is 0.816. The normalized spacial score (nSPS) is 17.5. The molecule has 0 aromatic heterocycles. The average molecular weight is 322 g/mol. The first kappa shape index (κ1) is 16.1. The Balaban J connectivity index is 2.06. The van der Waals surface area contributed by atoms with Gasteiger partial charge in [0.05, 0.1) is 13.2 Å². The molecule has 4 heteroatoms. The maximum absolute atomic E-state index is 12.4. The minimum Gasteiger partial charge on any atom is -0.497 e. The van der Waals surface area contributed by atoms with Crippen LogP contribution in [-0.4, -0.2) is 24.1 Å². The number of hydrogen-bond acceptors (Lipinski definition) is 2. The highest BCUT2D eigenvalue weighted by molar-refractivity contribution is 5.86. The van der Waals surface area contributed by atoms with E-state index in [1.54, 1.807) is 12.0 Å². The molecule has 2 amide bonds. The summed E-state index contributed by atoms with van der Waals surface area (Å²) in [5, 5.41) is 3.13. The molecular formula is C20H22N2O2. The van der Waals surface area contributed by atoms with E-state index in [2.05, 4.69) is 5.32 Å². The van der Waals surface area contributed by atoms with E-state index in [9.17, 15) is 4.79 Å². The van der Waals surface area contributed by atoms with E-state index in [0.29, 0.717) is 0 Å². The van der Waals surface area contributed by atoms with Gasteiger partial charge < -0.3 is 10.1 Å². The lowest BCUT2D eigenvalue weighted by atomic mass is 9.92. The van der Waals surface area contributed by atoms with Crippen molar-refractivity contribution in [2.24, 2.45) is 0 Å². The zero-order valence-electron chi connectivity index (χ0n) is 14.2. The third kappa shape index (κ3) is 3.13. The molecule has 3 rings (SSSR count). The predicted molar refractivity (Wildman–Crippen MR) is 95.7 cm³/mol. The molecule has 0 saturated carbocycles. The highest BCUT2D eigenvalue weighted by Gasteiger charge is 2.29. The Kier molecular flexibility index (Phi) is 4.56. The van der Waals surface area contributed by atoms with Crippen LogP contribution in [0.25, 0.3) is 5.57 Å². The van der Waals surface area contributed by atoms with Gasteiger partial charge in [-0.25, -0.2) is 4.79 Å². The first-order valence-corrected chi connectivity index (χ1v) is 8.10. The van der Waals surface area contributed by atoms with Crippen LogP contribution in [0.15, 0.2) is 60.8 Å². The van der Waals surface area contributed by atoms with Crippen molar-refractivity contribution in [2.45, 2.75) is 25.9 Å². The highest BCUT2D eigenvalue weighted by Crippen LogP contribution is 2.34. The molecule has 1 N–H and O–H groups in total. The van der Waals surface area contributed by atoms with E-state index in [0.717, 1.165) is 22.4 Å². The standard InChI is InChI=1S/C20H22N2O2/c1-14(2)22-13-18(15-9-11-17(24-3)12-10-15)19(21-20(22)23)16-7-5-4-6-8-16/h4-14,19H,1-3H3,(H,21,23). The van der Waals surface area contributed by atoms with Crippen molar-refractivity contribution in [3.8, 4) is 5.75 Å². The fraction of sp³-hybridized carbons (Fsp3) is 0.250. The van der Waals surface area contributed by atoms with Gasteiger partial charge in [-0.05, 0) is 37.1 Å². The van der Waals surface area contributed by atoms with Crippen LogP contribution in [0.3, 0.4) is 0 Å². The maximum atomic E-state index is 12.4. The number of benzene rings is 2. The summed E-state index contributed by atoms with van der Waals surface area (Å²) in [7, 11) is 1.66. The molecule has 0 fully saturated rings. The van der Waals surface area contributed by atoms with Gasteiger partial charge in [0.2, 0.25) is 0 Å². The summed E-state index contributed by atoms with van der Waals surface area (Å²) in [6.45, 7) is 4.01. The molecule has 1 heterocycles. The number of ether oxygens (including phenoxy) is 1. The van der Waals surface area contributed by atoms with Crippen LogP contribution in [0.4, 0.5) is 4.79 Å². The van der Waals surface area contributed by atoms with Gasteiger partial charge >= 0.3 is 6.03 Å². The van der Waals surface area contributed by atoms with Crippen LogP contribution in [-0.2, 0) is 0 Å². The van der Waals surface area contributed by atoms with Crippen LogP contribution >= 0.6 is 0 Å². The Morgan fingerprint density at radius 2 is 1.71 bits per heavy atom. The van der Waals surface area contributed by atoms with Gasteiger partial charge in [-0.3, -0.25) is 4.90 Å². The molecular weight excluding hydrogens is 300 g/mol. The molecule has 0 radical (unpaired) electrons. The summed E-state index contributed by atoms with van der Waals surface area (Å²) in [6.07, 6.45) is 1.96. The van der Waals surface area contributed by atoms with Crippen molar-refractivity contribution >= 4 is 11.6 Å². The van der Waals surface area contributed by atoms with Crippen molar-refractivity contribution in [1.29, 1.82) is 0 Å². The predicted octanol–water partition coefficient (Wildman–Crippen LogP) is 4.21. The van der Waals surface area contributed by atoms with Crippen LogP contribution < -0.4 is 10.1 Å². The largest absolute Gasteiger partial charge is 0.497 e. The first-order chi connectivity index (χ1) is 11.6. The van der Waals surface area contributed by atoms with Gasteiger partial charge in [0.15, 0.2) is 0 Å². The molecule has 2 aromatic carbocycles. The SMILES string of the molecule is COc1ccc(C2=CN(C(C)C)C(=O)NC2c2ccccc2)cc1. The van der Waals surface area contributed by atoms with Gasteiger partial charge in [-0.15, -0.1) is 0 Å². The Morgan fingerprint density at radius 3 is 2.29 bits per heavy atom. The summed E-state index contributed by atoms with van der Waals surface area (Å²) >= 11 is 0. The zero-order valence-corrected chi connectivity index (χ0v) is 14.2. The smallest absolute Gasteiger partial charge is 0.322 e. The summed E-state index contributed by atoms with van der Waals surface area (Å²) < 4.78 is 5.24. The number of urea groups is 1. The quantitative estimate of drug-likeness (QED) is 0.916.